The van der Waals surface area contributed by atoms with Gasteiger partial charge in [0.05, 0.1) is 50.3 Å². The Balaban J connectivity index is 1.53. The molecule has 0 spiro atoms. The molecule has 0 amide bonds. The van der Waals surface area contributed by atoms with E-state index in [0.717, 1.165) is 9.13 Å². The van der Waals surface area contributed by atoms with Gasteiger partial charge in [0.15, 0.2) is 0 Å². The molecule has 2 unspecified atom stereocenters. The molecule has 0 radical (unpaired) electrons. The van der Waals surface area contributed by atoms with Crippen LogP contribution < -0.4 is 32.2 Å². The summed E-state index contributed by atoms with van der Waals surface area (Å²) in [6, 6.07) is 18.1. The fraction of sp³-hybridized carbons (Fsp3) is 0.200. The van der Waals surface area contributed by atoms with Crippen molar-refractivity contribution in [1.82, 2.24) is 27.9 Å². The molecule has 0 saturated carbocycles. The molecule has 4 heterocycles. The molecule has 0 bridgehead atoms. The van der Waals surface area contributed by atoms with E-state index in [1.54, 1.807) is 72.8 Å². The highest BCUT2D eigenvalue weighted by molar-refractivity contribution is 5.55. The van der Waals surface area contributed by atoms with Crippen LogP contribution in [0.15, 0.2) is 104 Å². The number of ether oxygens (including phenoxy) is 2. The number of hydrogen-bond donors (Lipinski definition) is 1. The Morgan fingerprint density at radius 1 is 0.721 bits per heavy atom. The van der Waals surface area contributed by atoms with E-state index in [4.69, 9.17) is 9.47 Å². The minimum Gasteiger partial charge on any atom is -0.507 e. The molecule has 2 atom stereocenters. The minimum atomic E-state index is -1.07. The number of aromatic nitrogens is 6. The van der Waals surface area contributed by atoms with Crippen LogP contribution in [0.25, 0.3) is 11.4 Å². The number of para-hydroxylation sites is 2. The predicted molar refractivity (Wildman–Crippen MR) is 155 cm³/mol. The van der Waals surface area contributed by atoms with Gasteiger partial charge >= 0.3 is 22.8 Å². The van der Waals surface area contributed by atoms with E-state index < -0.39 is 34.8 Å². The van der Waals surface area contributed by atoms with Crippen molar-refractivity contribution in [3.63, 3.8) is 0 Å². The van der Waals surface area contributed by atoms with E-state index in [1.165, 1.54) is 39.0 Å². The van der Waals surface area contributed by atoms with Gasteiger partial charge in [-0.05, 0) is 29.8 Å². The van der Waals surface area contributed by atoms with E-state index >= 15 is 0 Å². The number of aromatic hydroxyl groups is 1. The van der Waals surface area contributed by atoms with Crippen LogP contribution in [0.2, 0.25) is 0 Å². The average molecular weight is 583 g/mol. The molecule has 13 heteroatoms. The molecule has 2 aliphatic heterocycles. The number of benzene rings is 3. The first-order valence-electron chi connectivity index (χ1n) is 13.5. The predicted octanol–water partition coefficient (Wildman–Crippen LogP) is 1.42. The zero-order valence-electron chi connectivity index (χ0n) is 23.2. The van der Waals surface area contributed by atoms with Gasteiger partial charge in [0, 0.05) is 12.1 Å². The second kappa shape index (κ2) is 9.69. The molecule has 0 aliphatic carbocycles. The summed E-state index contributed by atoms with van der Waals surface area (Å²) >= 11 is 0. The Bertz CT molecular complexity index is 2160. The van der Waals surface area contributed by atoms with Gasteiger partial charge in [-0.25, -0.2) is 47.0 Å². The van der Waals surface area contributed by atoms with Gasteiger partial charge < -0.3 is 14.6 Å². The fourth-order valence-corrected chi connectivity index (χ4v) is 6.16. The first-order chi connectivity index (χ1) is 20.8. The molecule has 3 aromatic carbocycles. The number of phenols is 1. The highest BCUT2D eigenvalue weighted by Gasteiger charge is 2.43. The first kappa shape index (κ1) is 26.2. The van der Waals surface area contributed by atoms with E-state index in [1.807, 2.05) is 0 Å². The second-order valence-corrected chi connectivity index (χ2v) is 10.2. The Morgan fingerprint density at radius 3 is 1.88 bits per heavy atom. The van der Waals surface area contributed by atoms with Crippen LogP contribution in [0.3, 0.4) is 0 Å². The molecule has 0 saturated heterocycles. The van der Waals surface area contributed by atoms with Crippen molar-refractivity contribution in [3.8, 4) is 28.6 Å². The lowest BCUT2D eigenvalue weighted by atomic mass is 9.89. The molecule has 2 aromatic heterocycles. The third kappa shape index (κ3) is 3.70. The van der Waals surface area contributed by atoms with E-state index in [9.17, 15) is 24.3 Å². The highest BCUT2D eigenvalue weighted by Crippen LogP contribution is 2.46. The van der Waals surface area contributed by atoms with E-state index in [2.05, 4.69) is 0 Å². The smallest absolute Gasteiger partial charge is 0.352 e. The number of nitrogens with zero attached hydrogens (tertiary/aromatic N) is 6. The van der Waals surface area contributed by atoms with Gasteiger partial charge in [-0.15, -0.1) is 0 Å². The normalized spacial score (nSPS) is 17.0. The fourth-order valence-electron chi connectivity index (χ4n) is 6.16. The summed E-state index contributed by atoms with van der Waals surface area (Å²) in [7, 11) is 2.86. The molecule has 1 N–H and O–H groups in total. The van der Waals surface area contributed by atoms with Crippen LogP contribution in [0.4, 0.5) is 0 Å². The summed E-state index contributed by atoms with van der Waals surface area (Å²) in [6.07, 6.45) is 1.76. The number of hydrogen-bond acceptors (Lipinski definition) is 7. The standard InChI is InChI=1S/C30H26N6O7/c1-42-20-15-23(37)25(24(16-20)43-2)26-21-13-14-31-27(38)33(18-9-5-3-6-10-18)29(40)35(31)22(21)17-32-28(39)34(30(41)36(26)32)19-11-7-4-8-12-19/h3-13,15-16,22,26,37H,14,17H2,1-2H3. The molecule has 218 valence electrons. The molecule has 7 rings (SSSR count). The first-order valence-corrected chi connectivity index (χ1v) is 13.5. The van der Waals surface area contributed by atoms with Crippen molar-refractivity contribution in [2.45, 2.75) is 25.2 Å². The summed E-state index contributed by atoms with van der Waals surface area (Å²) in [5.41, 5.74) is -0.910. The van der Waals surface area contributed by atoms with Crippen LogP contribution in [-0.4, -0.2) is 47.2 Å². The zero-order valence-corrected chi connectivity index (χ0v) is 23.2. The molecular weight excluding hydrogens is 556 g/mol. The maximum absolute atomic E-state index is 14.1. The van der Waals surface area contributed by atoms with Crippen molar-refractivity contribution in [3.05, 3.63) is 132 Å². The number of phenolic OH excluding ortho intramolecular Hbond substituents is 1. The van der Waals surface area contributed by atoms with Gasteiger partial charge in [-0.1, -0.05) is 42.5 Å². The Labute approximate surface area is 242 Å². The SMILES string of the molecule is COc1cc(O)c(C2C3=CCn4c(=O)n(-c5ccccc5)c(=O)n4C3Cn3c(=O)n(-c4ccccc4)c(=O)n32)c(OC)c1. The van der Waals surface area contributed by atoms with Gasteiger partial charge in [0.25, 0.3) is 0 Å². The molecule has 2 aliphatic rings. The number of allylic oxidation sites excluding steroid dienone is 2. The third-order valence-electron chi connectivity index (χ3n) is 8.06. The molecular formula is C30H26N6O7. The maximum atomic E-state index is 14.1. The Kier molecular flexibility index (Phi) is 5.90. The largest absolute Gasteiger partial charge is 0.507 e. The van der Waals surface area contributed by atoms with E-state index in [0.29, 0.717) is 22.7 Å². The summed E-state index contributed by atoms with van der Waals surface area (Å²) in [5, 5.41) is 11.3. The maximum Gasteiger partial charge on any atom is 0.352 e. The lowest BCUT2D eigenvalue weighted by Crippen LogP contribution is -2.47. The van der Waals surface area contributed by atoms with Crippen molar-refractivity contribution in [2.75, 3.05) is 14.2 Å². The number of rotatable bonds is 5. The highest BCUT2D eigenvalue weighted by atomic mass is 16.5. The monoisotopic (exact) mass is 582 g/mol. The van der Waals surface area contributed by atoms with Gasteiger partial charge in [-0.2, -0.15) is 0 Å². The van der Waals surface area contributed by atoms with Crippen molar-refractivity contribution >= 4 is 0 Å². The third-order valence-corrected chi connectivity index (χ3v) is 8.06. The lowest BCUT2D eigenvalue weighted by Gasteiger charge is -2.38. The molecule has 43 heavy (non-hydrogen) atoms. The molecule has 0 fully saturated rings. The van der Waals surface area contributed by atoms with Gasteiger partial charge in [-0.3, -0.25) is 0 Å². The average Bonchev–Trinajstić information content (AvgIpc) is 3.44. The van der Waals surface area contributed by atoms with E-state index in [-0.39, 0.29) is 30.2 Å². The summed E-state index contributed by atoms with van der Waals surface area (Å²) in [5.74, 6) is 0.289. The van der Waals surface area contributed by atoms with Crippen molar-refractivity contribution in [2.24, 2.45) is 0 Å². The van der Waals surface area contributed by atoms with Crippen molar-refractivity contribution < 1.29 is 14.6 Å². The Hall–Kier alpha value is -5.72. The molecule has 13 nitrogen and oxygen atoms in total. The molecule has 5 aromatic rings. The topological polar surface area (TPSA) is 137 Å². The summed E-state index contributed by atoms with van der Waals surface area (Å²) in [6.45, 7) is -0.0958. The number of methoxy groups -OCH3 is 2. The summed E-state index contributed by atoms with van der Waals surface area (Å²) in [4.78, 5) is 55.5. The number of fused-ring (bicyclic) bond motifs is 4. The van der Waals surface area contributed by atoms with Crippen LogP contribution in [-0.2, 0) is 13.1 Å². The lowest BCUT2D eigenvalue weighted by molar-refractivity contribution is 0.241. The van der Waals surface area contributed by atoms with Gasteiger partial charge in [0.2, 0.25) is 0 Å². The zero-order chi connectivity index (χ0) is 30.0. The van der Waals surface area contributed by atoms with Crippen LogP contribution >= 0.6 is 0 Å². The Morgan fingerprint density at radius 2 is 1.30 bits per heavy atom. The van der Waals surface area contributed by atoms with Crippen molar-refractivity contribution in [1.29, 1.82) is 0 Å². The van der Waals surface area contributed by atoms with Crippen LogP contribution in [0, 0.1) is 0 Å². The van der Waals surface area contributed by atoms with Gasteiger partial charge in [0.1, 0.15) is 23.3 Å². The van der Waals surface area contributed by atoms with Crippen LogP contribution in [0.1, 0.15) is 17.6 Å². The second-order valence-electron chi connectivity index (χ2n) is 10.2. The quantitative estimate of drug-likeness (QED) is 0.310. The minimum absolute atomic E-state index is 0.0217. The van der Waals surface area contributed by atoms with Crippen LogP contribution in [0.5, 0.6) is 17.2 Å². The summed E-state index contributed by atoms with van der Waals surface area (Å²) < 4.78 is 18.2.